The van der Waals surface area contributed by atoms with Crippen molar-refractivity contribution >= 4 is 58.4 Å². The van der Waals surface area contributed by atoms with Gasteiger partial charge in [-0.15, -0.1) is 0 Å². The van der Waals surface area contributed by atoms with Gasteiger partial charge in [0.2, 0.25) is 0 Å². The summed E-state index contributed by atoms with van der Waals surface area (Å²) in [5.41, 5.74) is 2.03. The van der Waals surface area contributed by atoms with Gasteiger partial charge < -0.3 is 10.1 Å². The first-order chi connectivity index (χ1) is 11.8. The highest BCUT2D eigenvalue weighted by atomic mass is 35.5. The summed E-state index contributed by atoms with van der Waals surface area (Å²) in [6.45, 7) is 1.42. The van der Waals surface area contributed by atoms with Crippen molar-refractivity contribution in [2.45, 2.75) is 6.92 Å². The molecule has 2 rings (SSSR count). The fourth-order valence-corrected chi connectivity index (χ4v) is 2.54. The van der Waals surface area contributed by atoms with Gasteiger partial charge in [0.1, 0.15) is 0 Å². The predicted octanol–water partition coefficient (Wildman–Crippen LogP) is 5.15. The molecule has 0 heterocycles. The van der Waals surface area contributed by atoms with Gasteiger partial charge in [0, 0.05) is 26.8 Å². The van der Waals surface area contributed by atoms with Gasteiger partial charge in [-0.2, -0.15) is 0 Å². The van der Waals surface area contributed by atoms with Crippen molar-refractivity contribution in [3.63, 3.8) is 0 Å². The highest BCUT2D eigenvalue weighted by molar-refractivity contribution is 6.35. The Morgan fingerprint density at radius 1 is 1.08 bits per heavy atom. The number of benzene rings is 2. The molecule has 2 aromatic carbocycles. The lowest BCUT2D eigenvalue weighted by atomic mass is 10.2. The zero-order chi connectivity index (χ0) is 18.4. The average molecular weight is 399 g/mol. The first-order valence-electron chi connectivity index (χ1n) is 7.21. The van der Waals surface area contributed by atoms with Gasteiger partial charge in [-0.1, -0.05) is 46.9 Å². The number of ether oxygens (including phenoxy) is 1. The first-order valence-corrected chi connectivity index (χ1v) is 8.34. The molecular weight excluding hydrogens is 385 g/mol. The molecule has 7 heteroatoms. The van der Waals surface area contributed by atoms with Gasteiger partial charge in [0.15, 0.2) is 6.61 Å². The van der Waals surface area contributed by atoms with Crippen LogP contribution in [0.25, 0.3) is 6.08 Å². The van der Waals surface area contributed by atoms with Crippen LogP contribution in [0.15, 0.2) is 42.5 Å². The van der Waals surface area contributed by atoms with Crippen LogP contribution in [-0.2, 0) is 14.3 Å². The van der Waals surface area contributed by atoms with E-state index in [2.05, 4.69) is 5.32 Å². The van der Waals surface area contributed by atoms with E-state index in [0.717, 1.165) is 5.56 Å². The molecule has 0 fully saturated rings. The molecule has 1 amide bonds. The van der Waals surface area contributed by atoms with E-state index < -0.39 is 18.5 Å². The third-order valence-corrected chi connectivity index (χ3v) is 3.98. The van der Waals surface area contributed by atoms with E-state index in [9.17, 15) is 9.59 Å². The molecule has 0 aromatic heterocycles. The number of nitrogens with one attached hydrogen (secondary N) is 1. The van der Waals surface area contributed by atoms with Crippen LogP contribution >= 0.6 is 34.8 Å². The van der Waals surface area contributed by atoms with Gasteiger partial charge >= 0.3 is 5.97 Å². The Morgan fingerprint density at radius 2 is 1.76 bits per heavy atom. The molecule has 2 aromatic rings. The maximum Gasteiger partial charge on any atom is 0.331 e. The van der Waals surface area contributed by atoms with Gasteiger partial charge in [0.25, 0.3) is 5.91 Å². The molecule has 0 aliphatic carbocycles. The number of hydrogen-bond acceptors (Lipinski definition) is 3. The van der Waals surface area contributed by atoms with E-state index in [1.165, 1.54) is 12.2 Å². The third kappa shape index (κ3) is 6.09. The number of aryl methyl sites for hydroxylation is 1. The minimum atomic E-state index is -0.663. The minimum absolute atomic E-state index is 0.408. The van der Waals surface area contributed by atoms with E-state index >= 15 is 0 Å². The Labute approximate surface area is 160 Å². The topological polar surface area (TPSA) is 55.4 Å². The Kier molecular flexibility index (Phi) is 6.88. The third-order valence-electron chi connectivity index (χ3n) is 3.18. The quantitative estimate of drug-likeness (QED) is 0.560. The van der Waals surface area contributed by atoms with Crippen molar-refractivity contribution in [3.05, 3.63) is 68.7 Å². The SMILES string of the molecule is Cc1ccc(Cl)cc1NC(=O)COC(=O)/C=C/c1ccc(Cl)cc1Cl. The molecule has 0 unspecified atom stereocenters. The van der Waals surface area contributed by atoms with Crippen LogP contribution in [0.4, 0.5) is 5.69 Å². The fraction of sp³-hybridized carbons (Fsp3) is 0.111. The maximum absolute atomic E-state index is 11.9. The Bertz CT molecular complexity index is 834. The molecule has 0 saturated carbocycles. The lowest BCUT2D eigenvalue weighted by Crippen LogP contribution is -2.20. The van der Waals surface area contributed by atoms with Gasteiger partial charge in [-0.25, -0.2) is 4.79 Å². The van der Waals surface area contributed by atoms with Crippen molar-refractivity contribution in [1.82, 2.24) is 0 Å². The van der Waals surface area contributed by atoms with E-state index in [-0.39, 0.29) is 0 Å². The molecule has 1 N–H and O–H groups in total. The molecule has 0 radical (unpaired) electrons. The summed E-state index contributed by atoms with van der Waals surface area (Å²) < 4.78 is 4.89. The lowest BCUT2D eigenvalue weighted by molar-refractivity contribution is -0.142. The zero-order valence-electron chi connectivity index (χ0n) is 13.2. The Balaban J connectivity index is 1.87. The molecule has 0 atom stereocenters. The normalized spacial score (nSPS) is 10.7. The summed E-state index contributed by atoms with van der Waals surface area (Å²) in [6.07, 6.45) is 2.67. The minimum Gasteiger partial charge on any atom is -0.452 e. The largest absolute Gasteiger partial charge is 0.452 e. The molecule has 0 aliphatic heterocycles. The summed E-state index contributed by atoms with van der Waals surface area (Å²) in [6, 6.07) is 10.0. The van der Waals surface area contributed by atoms with Crippen LogP contribution in [-0.4, -0.2) is 18.5 Å². The van der Waals surface area contributed by atoms with Crippen molar-refractivity contribution in [2.75, 3.05) is 11.9 Å². The second-order valence-corrected chi connectivity index (χ2v) is 6.39. The number of rotatable bonds is 5. The van der Waals surface area contributed by atoms with Crippen LogP contribution in [0.5, 0.6) is 0 Å². The molecular formula is C18H14Cl3NO3. The molecule has 130 valence electrons. The van der Waals surface area contributed by atoms with Crippen LogP contribution < -0.4 is 5.32 Å². The Morgan fingerprint density at radius 3 is 2.48 bits per heavy atom. The fourth-order valence-electron chi connectivity index (χ4n) is 1.89. The van der Waals surface area contributed by atoms with E-state index in [0.29, 0.717) is 26.3 Å². The van der Waals surface area contributed by atoms with Crippen LogP contribution in [0.1, 0.15) is 11.1 Å². The van der Waals surface area contributed by atoms with Crippen LogP contribution in [0.2, 0.25) is 15.1 Å². The summed E-state index contributed by atoms with van der Waals surface area (Å²) >= 11 is 17.7. The van der Waals surface area contributed by atoms with Crippen LogP contribution in [0, 0.1) is 6.92 Å². The molecule has 0 spiro atoms. The molecule has 0 saturated heterocycles. The number of anilines is 1. The molecule has 25 heavy (non-hydrogen) atoms. The number of carbonyl (C=O) groups is 2. The molecule has 0 bridgehead atoms. The highest BCUT2D eigenvalue weighted by Gasteiger charge is 2.08. The number of halogens is 3. The Hall–Kier alpha value is -2.01. The first kappa shape index (κ1) is 19.3. The standard InChI is InChI=1S/C18H14Cl3NO3/c1-11-2-5-14(20)9-16(11)22-17(23)10-25-18(24)7-4-12-3-6-13(19)8-15(12)21/h2-9H,10H2,1H3,(H,22,23)/b7-4+. The second-order valence-electron chi connectivity index (χ2n) is 5.11. The zero-order valence-corrected chi connectivity index (χ0v) is 15.5. The summed E-state index contributed by atoms with van der Waals surface area (Å²) in [4.78, 5) is 23.5. The van der Waals surface area contributed by atoms with Crippen LogP contribution in [0.3, 0.4) is 0 Å². The van der Waals surface area contributed by atoms with Crippen molar-refractivity contribution in [2.24, 2.45) is 0 Å². The van der Waals surface area contributed by atoms with E-state index in [1.807, 2.05) is 6.92 Å². The van der Waals surface area contributed by atoms with E-state index in [1.54, 1.807) is 36.4 Å². The average Bonchev–Trinajstić information content (AvgIpc) is 2.55. The number of esters is 1. The molecule has 0 aliphatic rings. The molecule has 4 nitrogen and oxygen atoms in total. The second kappa shape index (κ2) is 8.90. The smallest absolute Gasteiger partial charge is 0.331 e. The summed E-state index contributed by atoms with van der Waals surface area (Å²) in [5.74, 6) is -1.12. The van der Waals surface area contributed by atoms with Crippen molar-refractivity contribution < 1.29 is 14.3 Å². The summed E-state index contributed by atoms with van der Waals surface area (Å²) in [7, 11) is 0. The lowest BCUT2D eigenvalue weighted by Gasteiger charge is -2.08. The van der Waals surface area contributed by atoms with Gasteiger partial charge in [0.05, 0.1) is 0 Å². The van der Waals surface area contributed by atoms with Gasteiger partial charge in [-0.05, 0) is 48.4 Å². The maximum atomic E-state index is 11.9. The number of hydrogen-bond donors (Lipinski definition) is 1. The predicted molar refractivity (Wildman–Crippen MR) is 101 cm³/mol. The number of amides is 1. The highest BCUT2D eigenvalue weighted by Crippen LogP contribution is 2.22. The summed E-state index contributed by atoms with van der Waals surface area (Å²) in [5, 5.41) is 4.04. The van der Waals surface area contributed by atoms with E-state index in [4.69, 9.17) is 39.5 Å². The monoisotopic (exact) mass is 397 g/mol. The van der Waals surface area contributed by atoms with Crippen molar-refractivity contribution in [3.8, 4) is 0 Å². The number of carbonyl (C=O) groups excluding carboxylic acids is 2. The van der Waals surface area contributed by atoms with Gasteiger partial charge in [-0.3, -0.25) is 4.79 Å². The van der Waals surface area contributed by atoms with Crippen molar-refractivity contribution in [1.29, 1.82) is 0 Å².